The van der Waals surface area contributed by atoms with Gasteiger partial charge in [0.15, 0.2) is 0 Å². The summed E-state index contributed by atoms with van der Waals surface area (Å²) in [6.07, 6.45) is 2.44. The van der Waals surface area contributed by atoms with Gasteiger partial charge < -0.3 is 10.4 Å². The second kappa shape index (κ2) is 7.27. The molecule has 6 heteroatoms. The van der Waals surface area contributed by atoms with Crippen LogP contribution in [-0.2, 0) is 0 Å². The topological polar surface area (TPSA) is 80.0 Å². The van der Waals surface area contributed by atoms with E-state index < -0.39 is 6.10 Å². The maximum Gasteiger partial charge on any atom is 0.251 e. The van der Waals surface area contributed by atoms with Crippen LogP contribution in [-0.4, -0.2) is 32.3 Å². The fraction of sp³-hybridized carbons (Fsp3) is 0.211. The number of nitrogens with zero attached hydrogens (tertiary/aromatic N) is 3. The Hall–Kier alpha value is -2.99. The molecular weight excluding hydrogens is 316 g/mol. The highest BCUT2D eigenvalue weighted by atomic mass is 16.3. The van der Waals surface area contributed by atoms with Gasteiger partial charge in [-0.15, -0.1) is 0 Å². The molecule has 0 bridgehead atoms. The number of carbonyl (C=O) groups excluding carboxylic acids is 1. The van der Waals surface area contributed by atoms with Gasteiger partial charge in [0.05, 0.1) is 17.5 Å². The number of carbonyl (C=O) groups is 1. The van der Waals surface area contributed by atoms with Crippen molar-refractivity contribution < 1.29 is 9.90 Å². The van der Waals surface area contributed by atoms with E-state index in [9.17, 15) is 9.90 Å². The van der Waals surface area contributed by atoms with Crippen LogP contribution >= 0.6 is 0 Å². The van der Waals surface area contributed by atoms with E-state index in [1.165, 1.54) is 0 Å². The number of amides is 1. The second-order valence-corrected chi connectivity index (χ2v) is 5.90. The number of hydrogen-bond donors (Lipinski definition) is 2. The summed E-state index contributed by atoms with van der Waals surface area (Å²) >= 11 is 0. The number of pyridine rings is 1. The molecule has 3 aromatic rings. The third-order valence-corrected chi connectivity index (χ3v) is 3.91. The highest BCUT2D eigenvalue weighted by Crippen LogP contribution is 2.14. The molecule has 3 rings (SSSR count). The Kier molecular flexibility index (Phi) is 4.90. The number of aliphatic hydroxyl groups is 1. The molecule has 0 saturated carbocycles. The third kappa shape index (κ3) is 3.92. The summed E-state index contributed by atoms with van der Waals surface area (Å²) in [4.78, 5) is 16.2. The van der Waals surface area contributed by atoms with E-state index >= 15 is 0 Å². The highest BCUT2D eigenvalue weighted by molar-refractivity contribution is 5.94. The molecule has 0 aliphatic rings. The van der Waals surface area contributed by atoms with E-state index in [1.807, 2.05) is 36.7 Å². The average Bonchev–Trinajstić information content (AvgIpc) is 2.98. The Balaban J connectivity index is 1.64. The molecule has 0 aliphatic heterocycles. The molecule has 0 radical (unpaired) electrons. The summed E-state index contributed by atoms with van der Waals surface area (Å²) in [5, 5.41) is 17.2. The molecule has 2 heterocycles. The quantitative estimate of drug-likeness (QED) is 0.749. The zero-order valence-corrected chi connectivity index (χ0v) is 14.2. The Labute approximate surface area is 146 Å². The summed E-state index contributed by atoms with van der Waals surface area (Å²) in [6.45, 7) is 4.06. The fourth-order valence-electron chi connectivity index (χ4n) is 2.63. The summed E-state index contributed by atoms with van der Waals surface area (Å²) in [7, 11) is 0. The zero-order chi connectivity index (χ0) is 17.8. The minimum Gasteiger partial charge on any atom is -0.387 e. The minimum absolute atomic E-state index is 0.129. The van der Waals surface area contributed by atoms with Crippen LogP contribution in [0.4, 0.5) is 0 Å². The molecule has 1 atom stereocenters. The van der Waals surface area contributed by atoms with Crippen molar-refractivity contribution in [3.05, 3.63) is 77.4 Å². The van der Waals surface area contributed by atoms with Gasteiger partial charge in [0.25, 0.3) is 5.91 Å². The lowest BCUT2D eigenvalue weighted by molar-refractivity contribution is 0.0916. The molecule has 1 aromatic carbocycles. The van der Waals surface area contributed by atoms with Gasteiger partial charge in [0, 0.05) is 35.8 Å². The van der Waals surface area contributed by atoms with Crippen molar-refractivity contribution >= 4 is 5.91 Å². The van der Waals surface area contributed by atoms with Gasteiger partial charge in [-0.3, -0.25) is 9.78 Å². The first-order chi connectivity index (χ1) is 12.0. The Bertz CT molecular complexity index is 857. The highest BCUT2D eigenvalue weighted by Gasteiger charge is 2.11. The zero-order valence-electron chi connectivity index (χ0n) is 14.2. The Morgan fingerprint density at radius 2 is 2.00 bits per heavy atom. The largest absolute Gasteiger partial charge is 0.387 e. The van der Waals surface area contributed by atoms with Crippen LogP contribution in [0.3, 0.4) is 0 Å². The average molecular weight is 336 g/mol. The minimum atomic E-state index is -0.786. The van der Waals surface area contributed by atoms with Crippen molar-refractivity contribution in [3.63, 3.8) is 0 Å². The van der Waals surface area contributed by atoms with Crippen LogP contribution in [0.5, 0.6) is 0 Å². The molecule has 25 heavy (non-hydrogen) atoms. The maximum atomic E-state index is 12.2. The first kappa shape index (κ1) is 16.9. The van der Waals surface area contributed by atoms with Crippen LogP contribution in [0, 0.1) is 13.8 Å². The van der Waals surface area contributed by atoms with E-state index in [1.54, 1.807) is 36.7 Å². The Morgan fingerprint density at radius 1 is 1.24 bits per heavy atom. The van der Waals surface area contributed by atoms with Crippen LogP contribution < -0.4 is 5.32 Å². The summed E-state index contributed by atoms with van der Waals surface area (Å²) in [6, 6.07) is 12.7. The predicted octanol–water partition coefficient (Wildman–Crippen LogP) is 2.35. The predicted molar refractivity (Wildman–Crippen MR) is 94.6 cm³/mol. The van der Waals surface area contributed by atoms with Gasteiger partial charge in [0.2, 0.25) is 0 Å². The van der Waals surface area contributed by atoms with E-state index in [4.69, 9.17) is 0 Å². The number of benzene rings is 1. The van der Waals surface area contributed by atoms with Crippen molar-refractivity contribution in [3.8, 4) is 5.69 Å². The molecule has 128 valence electrons. The van der Waals surface area contributed by atoms with Crippen molar-refractivity contribution in [2.24, 2.45) is 0 Å². The SMILES string of the molecule is Cc1cc(C)n(-c2ccc(C(=O)NCC(O)c3cccnc3)cc2)n1. The van der Waals surface area contributed by atoms with Crippen LogP contribution in [0.25, 0.3) is 5.69 Å². The van der Waals surface area contributed by atoms with Gasteiger partial charge in [0.1, 0.15) is 0 Å². The molecule has 1 unspecified atom stereocenters. The van der Waals surface area contributed by atoms with Gasteiger partial charge in [-0.1, -0.05) is 6.07 Å². The lowest BCUT2D eigenvalue weighted by Crippen LogP contribution is -2.28. The van der Waals surface area contributed by atoms with Crippen molar-refractivity contribution in [1.82, 2.24) is 20.1 Å². The van der Waals surface area contributed by atoms with Gasteiger partial charge in [-0.25, -0.2) is 4.68 Å². The van der Waals surface area contributed by atoms with Gasteiger partial charge in [-0.2, -0.15) is 5.10 Å². The van der Waals surface area contributed by atoms with E-state index in [0.29, 0.717) is 11.1 Å². The lowest BCUT2D eigenvalue weighted by atomic mass is 10.1. The number of hydrogen-bond acceptors (Lipinski definition) is 4. The van der Waals surface area contributed by atoms with Gasteiger partial charge in [-0.05, 0) is 50.2 Å². The van der Waals surface area contributed by atoms with Crippen molar-refractivity contribution in [2.75, 3.05) is 6.54 Å². The van der Waals surface area contributed by atoms with Crippen molar-refractivity contribution in [2.45, 2.75) is 20.0 Å². The molecule has 0 aliphatic carbocycles. The summed E-state index contributed by atoms with van der Waals surface area (Å²) in [5.74, 6) is -0.233. The van der Waals surface area contributed by atoms with E-state index in [2.05, 4.69) is 15.4 Å². The van der Waals surface area contributed by atoms with Gasteiger partial charge >= 0.3 is 0 Å². The molecular formula is C19H20N4O2. The number of aliphatic hydroxyl groups excluding tert-OH is 1. The number of rotatable bonds is 5. The lowest BCUT2D eigenvalue weighted by Gasteiger charge is -2.12. The van der Waals surface area contributed by atoms with E-state index in [0.717, 1.165) is 17.1 Å². The molecule has 0 spiro atoms. The molecule has 2 N–H and O–H groups in total. The second-order valence-electron chi connectivity index (χ2n) is 5.90. The summed E-state index contributed by atoms with van der Waals surface area (Å²) < 4.78 is 1.84. The van der Waals surface area contributed by atoms with Crippen LogP contribution in [0.1, 0.15) is 33.4 Å². The van der Waals surface area contributed by atoms with Crippen LogP contribution in [0.15, 0.2) is 54.9 Å². The first-order valence-corrected chi connectivity index (χ1v) is 8.04. The standard InChI is InChI=1S/C19H20N4O2/c1-13-10-14(2)23(22-13)17-7-5-15(6-8-17)19(25)21-12-18(24)16-4-3-9-20-11-16/h3-11,18,24H,12H2,1-2H3,(H,21,25). The molecule has 0 fully saturated rings. The number of aromatic nitrogens is 3. The normalized spacial score (nSPS) is 12.0. The van der Waals surface area contributed by atoms with Crippen molar-refractivity contribution in [1.29, 1.82) is 0 Å². The number of nitrogens with one attached hydrogen (secondary N) is 1. The third-order valence-electron chi connectivity index (χ3n) is 3.91. The smallest absolute Gasteiger partial charge is 0.251 e. The van der Waals surface area contributed by atoms with E-state index in [-0.39, 0.29) is 12.5 Å². The fourth-order valence-corrected chi connectivity index (χ4v) is 2.63. The first-order valence-electron chi connectivity index (χ1n) is 8.04. The molecule has 2 aromatic heterocycles. The monoisotopic (exact) mass is 336 g/mol. The summed E-state index contributed by atoms with van der Waals surface area (Å²) in [5.41, 5.74) is 4.09. The van der Waals surface area contributed by atoms with Crippen LogP contribution in [0.2, 0.25) is 0 Å². The number of aryl methyl sites for hydroxylation is 2. The molecule has 0 saturated heterocycles. The maximum absolute atomic E-state index is 12.2. The molecule has 6 nitrogen and oxygen atoms in total. The molecule has 1 amide bonds. The Morgan fingerprint density at radius 3 is 2.60 bits per heavy atom.